The van der Waals surface area contributed by atoms with Crippen molar-refractivity contribution >= 4 is 17.3 Å². The number of ether oxygens (including phenoxy) is 2. The van der Waals surface area contributed by atoms with Crippen LogP contribution in [0.2, 0.25) is 0 Å². The number of aliphatic hydroxyl groups is 1. The SMILES string of the molecule is COC(=O)C(C)(O)COc1ccc(-c2nc(C)cs2)cc1. The molecule has 6 heteroatoms. The van der Waals surface area contributed by atoms with Gasteiger partial charge in [0.1, 0.15) is 17.4 Å². The van der Waals surface area contributed by atoms with Crippen LogP contribution in [0.3, 0.4) is 0 Å². The van der Waals surface area contributed by atoms with Crippen LogP contribution in [0.5, 0.6) is 5.75 Å². The predicted molar refractivity (Wildman–Crippen MR) is 80.4 cm³/mol. The average molecular weight is 307 g/mol. The first-order chi connectivity index (χ1) is 9.92. The second-order valence-electron chi connectivity index (χ2n) is 4.87. The number of benzene rings is 1. The van der Waals surface area contributed by atoms with Crippen LogP contribution in [0.4, 0.5) is 0 Å². The molecule has 0 fully saturated rings. The molecule has 1 unspecified atom stereocenters. The van der Waals surface area contributed by atoms with Crippen LogP contribution < -0.4 is 4.74 Å². The Kier molecular flexibility index (Phi) is 4.59. The third kappa shape index (κ3) is 3.80. The molecule has 0 amide bonds. The molecule has 1 atom stereocenters. The fraction of sp³-hybridized carbons (Fsp3) is 0.333. The van der Waals surface area contributed by atoms with E-state index in [2.05, 4.69) is 9.72 Å². The molecule has 0 saturated heterocycles. The van der Waals surface area contributed by atoms with Gasteiger partial charge < -0.3 is 14.6 Å². The topological polar surface area (TPSA) is 68.7 Å². The highest BCUT2D eigenvalue weighted by atomic mass is 32.1. The molecule has 112 valence electrons. The van der Waals surface area contributed by atoms with Gasteiger partial charge >= 0.3 is 5.97 Å². The van der Waals surface area contributed by atoms with E-state index in [0.29, 0.717) is 5.75 Å². The molecule has 0 aliphatic rings. The first kappa shape index (κ1) is 15.5. The Morgan fingerprint density at radius 2 is 2.05 bits per heavy atom. The summed E-state index contributed by atoms with van der Waals surface area (Å²) in [5.74, 6) is -0.159. The number of methoxy groups -OCH3 is 1. The molecule has 1 N–H and O–H groups in total. The van der Waals surface area contributed by atoms with Crippen LogP contribution in [0.1, 0.15) is 12.6 Å². The molecule has 0 radical (unpaired) electrons. The summed E-state index contributed by atoms with van der Waals surface area (Å²) in [7, 11) is 1.22. The first-order valence-electron chi connectivity index (χ1n) is 6.38. The Labute approximate surface area is 127 Å². The van der Waals surface area contributed by atoms with E-state index in [1.54, 1.807) is 23.5 Å². The molecule has 2 rings (SSSR count). The lowest BCUT2D eigenvalue weighted by atomic mass is 10.1. The van der Waals surface area contributed by atoms with Crippen LogP contribution >= 0.6 is 11.3 Å². The molecule has 0 aliphatic heterocycles. The molecule has 0 bridgehead atoms. The molecule has 0 saturated carbocycles. The molecule has 0 spiro atoms. The molecular formula is C15H17NO4S. The van der Waals surface area contributed by atoms with Gasteiger partial charge in [0.25, 0.3) is 0 Å². The van der Waals surface area contributed by atoms with E-state index in [4.69, 9.17) is 4.74 Å². The smallest absolute Gasteiger partial charge is 0.341 e. The van der Waals surface area contributed by atoms with Crippen molar-refractivity contribution in [3.05, 3.63) is 35.3 Å². The van der Waals surface area contributed by atoms with Gasteiger partial charge in [-0.05, 0) is 38.1 Å². The minimum absolute atomic E-state index is 0.171. The highest BCUT2D eigenvalue weighted by Gasteiger charge is 2.32. The summed E-state index contributed by atoms with van der Waals surface area (Å²) in [6, 6.07) is 7.33. The van der Waals surface area contributed by atoms with Gasteiger partial charge in [-0.3, -0.25) is 0 Å². The van der Waals surface area contributed by atoms with Gasteiger partial charge in [-0.2, -0.15) is 0 Å². The quantitative estimate of drug-likeness (QED) is 0.859. The summed E-state index contributed by atoms with van der Waals surface area (Å²) >= 11 is 1.58. The highest BCUT2D eigenvalue weighted by Crippen LogP contribution is 2.25. The van der Waals surface area contributed by atoms with Crippen molar-refractivity contribution in [3.8, 4) is 16.3 Å². The minimum Gasteiger partial charge on any atom is -0.490 e. The van der Waals surface area contributed by atoms with Crippen molar-refractivity contribution in [3.63, 3.8) is 0 Å². The minimum atomic E-state index is -1.67. The van der Waals surface area contributed by atoms with Crippen LogP contribution in [-0.4, -0.2) is 35.4 Å². The number of rotatable bonds is 5. The van der Waals surface area contributed by atoms with Crippen LogP contribution in [0.25, 0.3) is 10.6 Å². The number of aromatic nitrogens is 1. The van der Waals surface area contributed by atoms with Crippen molar-refractivity contribution < 1.29 is 19.4 Å². The fourth-order valence-electron chi connectivity index (χ4n) is 1.68. The van der Waals surface area contributed by atoms with Gasteiger partial charge in [-0.1, -0.05) is 0 Å². The predicted octanol–water partition coefficient (Wildman–Crippen LogP) is 2.42. The van der Waals surface area contributed by atoms with E-state index < -0.39 is 11.6 Å². The maximum absolute atomic E-state index is 11.3. The molecule has 5 nitrogen and oxygen atoms in total. The van der Waals surface area contributed by atoms with Crippen molar-refractivity contribution in [2.45, 2.75) is 19.4 Å². The Morgan fingerprint density at radius 3 is 2.57 bits per heavy atom. The normalized spacial score (nSPS) is 13.5. The summed E-state index contributed by atoms with van der Waals surface area (Å²) < 4.78 is 9.93. The summed E-state index contributed by atoms with van der Waals surface area (Å²) in [6.45, 7) is 3.13. The number of hydrogen-bond donors (Lipinski definition) is 1. The number of esters is 1. The number of aryl methyl sites for hydroxylation is 1. The second kappa shape index (κ2) is 6.24. The van der Waals surface area contributed by atoms with Crippen LogP contribution in [-0.2, 0) is 9.53 Å². The fourth-order valence-corrected chi connectivity index (χ4v) is 2.49. The Balaban J connectivity index is 2.01. The van der Waals surface area contributed by atoms with E-state index in [0.717, 1.165) is 16.3 Å². The molecule has 1 heterocycles. The van der Waals surface area contributed by atoms with Crippen molar-refractivity contribution in [1.29, 1.82) is 0 Å². The monoisotopic (exact) mass is 307 g/mol. The summed E-state index contributed by atoms with van der Waals surface area (Å²) in [5, 5.41) is 12.8. The average Bonchev–Trinajstić information content (AvgIpc) is 2.91. The van der Waals surface area contributed by atoms with Gasteiger partial charge in [0, 0.05) is 16.6 Å². The van der Waals surface area contributed by atoms with Gasteiger partial charge in [0.2, 0.25) is 0 Å². The van der Waals surface area contributed by atoms with Crippen molar-refractivity contribution in [2.24, 2.45) is 0 Å². The standard InChI is InChI=1S/C15H17NO4S/c1-10-8-21-13(16-10)11-4-6-12(7-5-11)20-9-15(2,18)14(17)19-3/h4-8,18H,9H2,1-3H3. The lowest BCUT2D eigenvalue weighted by molar-refractivity contribution is -0.163. The zero-order valence-electron chi connectivity index (χ0n) is 12.1. The van der Waals surface area contributed by atoms with Crippen molar-refractivity contribution in [1.82, 2.24) is 4.98 Å². The first-order valence-corrected chi connectivity index (χ1v) is 7.26. The number of carbonyl (C=O) groups is 1. The summed E-state index contributed by atoms with van der Waals surface area (Å²) in [6.07, 6.45) is 0. The largest absolute Gasteiger partial charge is 0.490 e. The molecular weight excluding hydrogens is 290 g/mol. The Bertz CT molecular complexity index is 619. The van der Waals surface area contributed by atoms with E-state index in [1.165, 1.54) is 14.0 Å². The van der Waals surface area contributed by atoms with Gasteiger partial charge in [0.05, 0.1) is 7.11 Å². The number of thiazole rings is 1. The summed E-state index contributed by atoms with van der Waals surface area (Å²) in [4.78, 5) is 15.7. The number of nitrogens with zero attached hydrogens (tertiary/aromatic N) is 1. The Morgan fingerprint density at radius 1 is 1.38 bits per heavy atom. The second-order valence-corrected chi connectivity index (χ2v) is 5.73. The third-order valence-corrected chi connectivity index (χ3v) is 3.87. The van der Waals surface area contributed by atoms with Gasteiger partial charge in [-0.15, -0.1) is 11.3 Å². The van der Waals surface area contributed by atoms with E-state index in [-0.39, 0.29) is 6.61 Å². The lowest BCUT2D eigenvalue weighted by Crippen LogP contribution is -2.42. The van der Waals surface area contributed by atoms with Crippen LogP contribution in [0.15, 0.2) is 29.6 Å². The van der Waals surface area contributed by atoms with E-state index >= 15 is 0 Å². The van der Waals surface area contributed by atoms with Crippen LogP contribution in [0, 0.1) is 6.92 Å². The van der Waals surface area contributed by atoms with E-state index in [1.807, 2.05) is 24.4 Å². The Hall–Kier alpha value is -1.92. The molecule has 2 aromatic rings. The molecule has 1 aromatic heterocycles. The zero-order valence-corrected chi connectivity index (χ0v) is 12.9. The summed E-state index contributed by atoms with van der Waals surface area (Å²) in [5.41, 5.74) is 0.324. The van der Waals surface area contributed by atoms with Gasteiger partial charge in [0.15, 0.2) is 5.60 Å². The third-order valence-electron chi connectivity index (χ3n) is 2.87. The molecule has 21 heavy (non-hydrogen) atoms. The number of hydrogen-bond acceptors (Lipinski definition) is 6. The molecule has 1 aromatic carbocycles. The van der Waals surface area contributed by atoms with Gasteiger partial charge in [-0.25, -0.2) is 9.78 Å². The zero-order chi connectivity index (χ0) is 15.5. The highest BCUT2D eigenvalue weighted by molar-refractivity contribution is 7.13. The molecule has 0 aliphatic carbocycles. The van der Waals surface area contributed by atoms with Crippen molar-refractivity contribution in [2.75, 3.05) is 13.7 Å². The number of carbonyl (C=O) groups excluding carboxylic acids is 1. The lowest BCUT2D eigenvalue weighted by Gasteiger charge is -2.20. The maximum Gasteiger partial charge on any atom is 0.341 e. The van der Waals surface area contributed by atoms with E-state index in [9.17, 15) is 9.90 Å². The maximum atomic E-state index is 11.3.